The van der Waals surface area contributed by atoms with Crippen LogP contribution in [0.4, 0.5) is 0 Å². The second-order valence-electron chi connectivity index (χ2n) is 2.75. The molecule has 1 saturated heterocycles. The van der Waals surface area contributed by atoms with Gasteiger partial charge in [0.25, 0.3) is 0 Å². The summed E-state index contributed by atoms with van der Waals surface area (Å²) >= 11 is 0. The van der Waals surface area contributed by atoms with Crippen LogP contribution in [-0.2, 0) is 0 Å². The van der Waals surface area contributed by atoms with Crippen molar-refractivity contribution in [3.63, 3.8) is 0 Å². The largest absolute Gasteiger partial charge is 1.00 e. The van der Waals surface area contributed by atoms with Crippen molar-refractivity contribution in [1.82, 2.24) is 5.32 Å². The number of aliphatic hydroxyl groups excluding tert-OH is 4. The van der Waals surface area contributed by atoms with E-state index in [1.165, 1.54) is 0 Å². The summed E-state index contributed by atoms with van der Waals surface area (Å²) in [6.45, 7) is -0.0472. The Bertz CT molecular complexity index is 135. The predicted molar refractivity (Wildman–Crippen MR) is 36.9 cm³/mol. The van der Waals surface area contributed by atoms with E-state index >= 15 is 0 Å². The van der Waals surface area contributed by atoms with E-state index in [1.807, 2.05) is 0 Å². The van der Waals surface area contributed by atoms with Crippen molar-refractivity contribution in [2.45, 2.75) is 24.4 Å². The van der Waals surface area contributed by atoms with Crippen LogP contribution in [0.5, 0.6) is 0 Å². The molecule has 4 unspecified atom stereocenters. The Labute approximate surface area is 76.4 Å². The summed E-state index contributed by atoms with van der Waals surface area (Å²) < 4.78 is 0. The van der Waals surface area contributed by atoms with Crippen LogP contribution in [0.25, 0.3) is 0 Å². The molecule has 0 radical (unpaired) electrons. The molecule has 5 N–H and O–H groups in total. The van der Waals surface area contributed by atoms with Gasteiger partial charge in [-0.25, -0.2) is 0 Å². The fourth-order valence-electron chi connectivity index (χ4n) is 1.15. The average Bonchev–Trinajstić information content (AvgIpc) is 2.01. The number of hydrogen-bond acceptors (Lipinski definition) is 5. The summed E-state index contributed by atoms with van der Waals surface area (Å²) in [5.74, 6) is 0. The number of halogens is 1. The summed E-state index contributed by atoms with van der Waals surface area (Å²) in [5, 5.41) is 38.6. The summed E-state index contributed by atoms with van der Waals surface area (Å²) in [4.78, 5) is 0. The van der Waals surface area contributed by atoms with Crippen molar-refractivity contribution < 1.29 is 32.8 Å². The normalized spacial score (nSPS) is 42.0. The van der Waals surface area contributed by atoms with Gasteiger partial charge >= 0.3 is 0 Å². The third kappa shape index (κ3) is 2.29. The van der Waals surface area contributed by atoms with Gasteiger partial charge in [-0.3, -0.25) is 0 Å². The van der Waals surface area contributed by atoms with Crippen LogP contribution in [0.15, 0.2) is 0 Å². The fourth-order valence-corrected chi connectivity index (χ4v) is 1.15. The highest BCUT2D eigenvalue weighted by atomic mass is 35.5. The molecule has 1 aliphatic rings. The average molecular weight is 199 g/mol. The van der Waals surface area contributed by atoms with E-state index in [4.69, 9.17) is 15.3 Å². The third-order valence-corrected chi connectivity index (χ3v) is 1.94. The minimum Gasteiger partial charge on any atom is -1.00 e. The number of aliphatic hydroxyl groups is 4. The van der Waals surface area contributed by atoms with Gasteiger partial charge in [0.15, 0.2) is 0 Å². The lowest BCUT2D eigenvalue weighted by molar-refractivity contribution is -0.101. The Hall–Kier alpha value is 0.0900. The summed E-state index contributed by atoms with van der Waals surface area (Å²) in [5.41, 5.74) is 0. The minimum absolute atomic E-state index is 0. The van der Waals surface area contributed by atoms with Gasteiger partial charge in [-0.05, 0) is 0 Å². The molecule has 1 fully saturated rings. The summed E-state index contributed by atoms with van der Waals surface area (Å²) in [6.07, 6.45) is -3.20. The zero-order chi connectivity index (χ0) is 8.43. The Balaban J connectivity index is 0.00000121. The van der Waals surface area contributed by atoms with Crippen molar-refractivity contribution in [3.05, 3.63) is 0 Å². The van der Waals surface area contributed by atoms with Gasteiger partial charge in [0.2, 0.25) is 0 Å². The van der Waals surface area contributed by atoms with Crippen LogP contribution in [0.2, 0.25) is 0 Å². The van der Waals surface area contributed by atoms with E-state index in [9.17, 15) is 5.11 Å². The standard InChI is InChI=1S/C6H13NO4.ClH/c8-2-3-5(10)6(11)4(9)1-7-3;/h3-11H,1-2H2;1H/p-1. The van der Waals surface area contributed by atoms with E-state index < -0.39 is 24.4 Å². The molecule has 0 aromatic carbocycles. The molecule has 0 amide bonds. The first-order chi connectivity index (χ1) is 5.16. The molecule has 1 aliphatic heterocycles. The topological polar surface area (TPSA) is 93.0 Å². The first-order valence-corrected chi connectivity index (χ1v) is 3.55. The Morgan fingerprint density at radius 2 is 1.75 bits per heavy atom. The summed E-state index contributed by atoms with van der Waals surface area (Å²) in [7, 11) is 0. The number of nitrogens with one attached hydrogen (secondary N) is 1. The molecule has 5 nitrogen and oxygen atoms in total. The van der Waals surface area contributed by atoms with Gasteiger partial charge in [0.05, 0.1) is 24.9 Å². The van der Waals surface area contributed by atoms with Gasteiger partial charge in [-0.1, -0.05) is 0 Å². The SMILES string of the molecule is OCC1NCC(O)C(O)C1O.[Cl-]. The molecule has 0 bridgehead atoms. The molecular weight excluding hydrogens is 186 g/mol. The predicted octanol–water partition coefficient (Wildman–Crippen LogP) is -5.96. The van der Waals surface area contributed by atoms with Crippen LogP contribution < -0.4 is 17.7 Å². The van der Waals surface area contributed by atoms with Gasteiger partial charge in [-0.15, -0.1) is 0 Å². The molecule has 0 aromatic rings. The highest BCUT2D eigenvalue weighted by Gasteiger charge is 2.35. The molecule has 6 heteroatoms. The maximum absolute atomic E-state index is 9.18. The van der Waals surface area contributed by atoms with Gasteiger partial charge in [0.1, 0.15) is 6.10 Å². The smallest absolute Gasteiger partial charge is 0.109 e. The lowest BCUT2D eigenvalue weighted by Gasteiger charge is -2.34. The first kappa shape index (κ1) is 12.1. The van der Waals surface area contributed by atoms with Crippen LogP contribution in [0.1, 0.15) is 0 Å². The maximum Gasteiger partial charge on any atom is 0.109 e. The molecular formula is C6H13ClNO4-. The van der Waals surface area contributed by atoms with Gasteiger partial charge in [-0.2, -0.15) is 0 Å². The van der Waals surface area contributed by atoms with Crippen molar-refractivity contribution in [2.75, 3.05) is 13.2 Å². The van der Waals surface area contributed by atoms with E-state index in [-0.39, 0.29) is 25.6 Å². The van der Waals surface area contributed by atoms with Crippen molar-refractivity contribution in [3.8, 4) is 0 Å². The van der Waals surface area contributed by atoms with E-state index in [1.54, 1.807) is 0 Å². The fraction of sp³-hybridized carbons (Fsp3) is 1.00. The molecule has 12 heavy (non-hydrogen) atoms. The van der Waals surface area contributed by atoms with Gasteiger partial charge in [0, 0.05) is 6.54 Å². The Kier molecular flexibility index (Phi) is 5.00. The molecule has 0 aliphatic carbocycles. The minimum atomic E-state index is -1.16. The zero-order valence-corrected chi connectivity index (χ0v) is 7.15. The van der Waals surface area contributed by atoms with Crippen LogP contribution in [-0.4, -0.2) is 57.9 Å². The van der Waals surface area contributed by atoms with E-state index in [0.29, 0.717) is 0 Å². The number of piperidine rings is 1. The number of β-amino-alcohol motifs (C(OH)–C–C–N with tert-alkyl or cyclic N) is 1. The zero-order valence-electron chi connectivity index (χ0n) is 6.39. The molecule has 74 valence electrons. The van der Waals surface area contributed by atoms with Crippen molar-refractivity contribution >= 4 is 0 Å². The van der Waals surface area contributed by atoms with Crippen LogP contribution in [0.3, 0.4) is 0 Å². The van der Waals surface area contributed by atoms with E-state index in [0.717, 1.165) is 0 Å². The molecule has 4 atom stereocenters. The highest BCUT2D eigenvalue weighted by molar-refractivity contribution is 4.91. The van der Waals surface area contributed by atoms with Gasteiger partial charge < -0.3 is 38.1 Å². The number of hydrogen-bond donors (Lipinski definition) is 5. The van der Waals surface area contributed by atoms with Crippen LogP contribution >= 0.6 is 0 Å². The van der Waals surface area contributed by atoms with Crippen LogP contribution in [0, 0.1) is 0 Å². The molecule has 0 aromatic heterocycles. The second-order valence-corrected chi connectivity index (χ2v) is 2.75. The Morgan fingerprint density at radius 1 is 1.17 bits per heavy atom. The lowest BCUT2D eigenvalue weighted by atomic mass is 9.97. The van der Waals surface area contributed by atoms with Crippen molar-refractivity contribution in [2.24, 2.45) is 0 Å². The molecule has 1 rings (SSSR count). The summed E-state index contributed by atoms with van der Waals surface area (Å²) in [6, 6.07) is -0.534. The molecule has 1 heterocycles. The highest BCUT2D eigenvalue weighted by Crippen LogP contribution is 2.09. The second kappa shape index (κ2) is 4.96. The monoisotopic (exact) mass is 198 g/mol. The Morgan fingerprint density at radius 3 is 2.25 bits per heavy atom. The van der Waals surface area contributed by atoms with E-state index in [2.05, 4.69) is 5.32 Å². The third-order valence-electron chi connectivity index (χ3n) is 1.94. The lowest BCUT2D eigenvalue weighted by Crippen LogP contribution is -3.00. The van der Waals surface area contributed by atoms with Crippen molar-refractivity contribution in [1.29, 1.82) is 0 Å². The maximum atomic E-state index is 9.18. The quantitative estimate of drug-likeness (QED) is 0.289. The molecule has 0 saturated carbocycles. The first-order valence-electron chi connectivity index (χ1n) is 3.55. The number of rotatable bonds is 1. The molecule has 0 spiro atoms.